The zero-order valence-corrected chi connectivity index (χ0v) is 14.8. The molecule has 0 spiro atoms. The minimum atomic E-state index is -0.988. The van der Waals surface area contributed by atoms with E-state index in [9.17, 15) is 4.79 Å². The van der Waals surface area contributed by atoms with Crippen molar-refractivity contribution in [3.05, 3.63) is 59.4 Å². The molecule has 1 aliphatic heterocycles. The summed E-state index contributed by atoms with van der Waals surface area (Å²) in [6, 6.07) is 8.73. The zero-order chi connectivity index (χ0) is 17.9. The summed E-state index contributed by atoms with van der Waals surface area (Å²) in [4.78, 5) is 21.5. The van der Waals surface area contributed by atoms with E-state index in [1.54, 1.807) is 0 Å². The highest BCUT2D eigenvalue weighted by atomic mass is 16.4. The number of aromatic nitrogens is 2. The number of aromatic carboxylic acids is 1. The first kappa shape index (κ1) is 16.8. The fourth-order valence-corrected chi connectivity index (χ4v) is 3.97. The third kappa shape index (κ3) is 3.47. The Kier molecular flexibility index (Phi) is 4.69. The van der Waals surface area contributed by atoms with E-state index < -0.39 is 5.97 Å². The molecular weight excluding hydrogens is 326 g/mol. The van der Waals surface area contributed by atoms with Crippen LogP contribution in [0.1, 0.15) is 47.2 Å². The van der Waals surface area contributed by atoms with Gasteiger partial charge in [-0.1, -0.05) is 30.3 Å². The second-order valence-corrected chi connectivity index (χ2v) is 7.14. The Labute approximate surface area is 153 Å². The first-order chi connectivity index (χ1) is 12.7. The number of carboxylic acids is 1. The van der Waals surface area contributed by atoms with Crippen LogP contribution in [0.3, 0.4) is 0 Å². The highest BCUT2D eigenvalue weighted by molar-refractivity contribution is 5.86. The van der Waals surface area contributed by atoms with Crippen LogP contribution in [0.4, 0.5) is 5.95 Å². The van der Waals surface area contributed by atoms with Gasteiger partial charge in [0.05, 0.1) is 5.56 Å². The predicted octanol–water partition coefficient (Wildman–Crippen LogP) is 3.81. The van der Waals surface area contributed by atoms with Gasteiger partial charge in [0.15, 0.2) is 0 Å². The maximum absolute atomic E-state index is 10.9. The van der Waals surface area contributed by atoms with Crippen molar-refractivity contribution < 1.29 is 9.90 Å². The van der Waals surface area contributed by atoms with Gasteiger partial charge in [0.25, 0.3) is 0 Å². The average molecular weight is 349 g/mol. The van der Waals surface area contributed by atoms with E-state index in [4.69, 9.17) is 5.11 Å². The monoisotopic (exact) mass is 349 g/mol. The van der Waals surface area contributed by atoms with Crippen LogP contribution in [0.2, 0.25) is 0 Å². The number of carbonyl (C=O) groups is 1. The van der Waals surface area contributed by atoms with Crippen LogP contribution in [-0.2, 0) is 6.42 Å². The van der Waals surface area contributed by atoms with Crippen molar-refractivity contribution in [2.75, 3.05) is 18.0 Å². The number of piperidine rings is 1. The zero-order valence-electron chi connectivity index (χ0n) is 14.8. The predicted molar refractivity (Wildman–Crippen MR) is 101 cm³/mol. The van der Waals surface area contributed by atoms with Crippen molar-refractivity contribution in [1.29, 1.82) is 0 Å². The van der Waals surface area contributed by atoms with E-state index in [0.717, 1.165) is 44.7 Å². The Balaban J connectivity index is 1.28. The number of rotatable bonds is 5. The number of hydrogen-bond donors (Lipinski definition) is 1. The Hall–Kier alpha value is -2.69. The van der Waals surface area contributed by atoms with Crippen LogP contribution in [0, 0.1) is 5.92 Å². The Morgan fingerprint density at radius 3 is 2.62 bits per heavy atom. The number of allylic oxidation sites excluding steroid dienone is 2. The number of hydrogen-bond acceptors (Lipinski definition) is 4. The lowest BCUT2D eigenvalue weighted by Crippen LogP contribution is -2.34. The molecule has 0 bridgehead atoms. The molecule has 0 atom stereocenters. The second kappa shape index (κ2) is 7.28. The van der Waals surface area contributed by atoms with Crippen LogP contribution in [0.15, 0.2) is 42.7 Å². The minimum Gasteiger partial charge on any atom is -0.478 e. The molecule has 2 heterocycles. The van der Waals surface area contributed by atoms with Gasteiger partial charge in [-0.05, 0) is 54.7 Å². The molecule has 1 N–H and O–H groups in total. The molecule has 0 unspecified atom stereocenters. The lowest BCUT2D eigenvalue weighted by Gasteiger charge is -2.32. The molecule has 0 amide bonds. The normalized spacial score (nSPS) is 17.1. The van der Waals surface area contributed by atoms with Crippen molar-refractivity contribution in [1.82, 2.24) is 9.97 Å². The molecule has 4 rings (SSSR count). The molecule has 5 nitrogen and oxygen atoms in total. The standard InChI is InChI=1S/C21H23N3O2/c25-20(26)18-13-22-21(23-14-18)24-11-9-15(10-12-24)5-6-17-8-7-16-3-1-2-4-19(16)17/h1-4,8,13-15H,5-7,9-12H2,(H,25,26). The van der Waals surface area contributed by atoms with Crippen LogP contribution in [-0.4, -0.2) is 34.1 Å². The van der Waals surface area contributed by atoms with Crippen LogP contribution in [0.5, 0.6) is 0 Å². The van der Waals surface area contributed by atoms with Crippen molar-refractivity contribution in [3.8, 4) is 0 Å². The fraction of sp³-hybridized carbons (Fsp3) is 0.381. The number of fused-ring (bicyclic) bond motifs is 1. The molecular formula is C21H23N3O2. The maximum atomic E-state index is 10.9. The lowest BCUT2D eigenvalue weighted by molar-refractivity contribution is 0.0696. The van der Waals surface area contributed by atoms with Gasteiger partial charge in [0, 0.05) is 25.5 Å². The highest BCUT2D eigenvalue weighted by Gasteiger charge is 2.22. The van der Waals surface area contributed by atoms with Gasteiger partial charge >= 0.3 is 5.97 Å². The molecule has 1 aliphatic carbocycles. The van der Waals surface area contributed by atoms with Gasteiger partial charge in [-0.25, -0.2) is 14.8 Å². The number of nitrogens with zero attached hydrogens (tertiary/aromatic N) is 3. The number of carboxylic acid groups (broad SMARTS) is 1. The van der Waals surface area contributed by atoms with Crippen molar-refractivity contribution in [2.24, 2.45) is 5.92 Å². The Morgan fingerprint density at radius 2 is 1.88 bits per heavy atom. The van der Waals surface area contributed by atoms with Crippen LogP contribution < -0.4 is 4.90 Å². The van der Waals surface area contributed by atoms with Gasteiger partial charge < -0.3 is 10.0 Å². The molecule has 0 radical (unpaired) electrons. The van der Waals surface area contributed by atoms with E-state index in [0.29, 0.717) is 5.95 Å². The third-order valence-corrected chi connectivity index (χ3v) is 5.54. The molecule has 2 aromatic rings. The second-order valence-electron chi connectivity index (χ2n) is 7.14. The SMILES string of the molecule is O=C(O)c1cnc(N2CCC(CCC3=CCc4ccccc43)CC2)nc1. The summed E-state index contributed by atoms with van der Waals surface area (Å²) in [5.41, 5.74) is 4.54. The molecule has 0 saturated carbocycles. The summed E-state index contributed by atoms with van der Waals surface area (Å²) >= 11 is 0. The van der Waals surface area contributed by atoms with Gasteiger partial charge in [-0.2, -0.15) is 0 Å². The molecule has 5 heteroatoms. The minimum absolute atomic E-state index is 0.133. The van der Waals surface area contributed by atoms with Gasteiger partial charge in [-0.15, -0.1) is 0 Å². The van der Waals surface area contributed by atoms with E-state index in [1.165, 1.54) is 35.5 Å². The smallest absolute Gasteiger partial charge is 0.338 e. The van der Waals surface area contributed by atoms with Crippen molar-refractivity contribution in [2.45, 2.75) is 32.1 Å². The quantitative estimate of drug-likeness (QED) is 0.889. The fourth-order valence-electron chi connectivity index (χ4n) is 3.97. The summed E-state index contributed by atoms with van der Waals surface area (Å²) in [5, 5.41) is 8.93. The first-order valence-electron chi connectivity index (χ1n) is 9.28. The van der Waals surface area contributed by atoms with Crippen LogP contribution >= 0.6 is 0 Å². The topological polar surface area (TPSA) is 66.3 Å². The van der Waals surface area contributed by atoms with Gasteiger partial charge in [0.1, 0.15) is 0 Å². The molecule has 134 valence electrons. The van der Waals surface area contributed by atoms with E-state index in [-0.39, 0.29) is 5.56 Å². The van der Waals surface area contributed by atoms with E-state index >= 15 is 0 Å². The van der Waals surface area contributed by atoms with Crippen LogP contribution in [0.25, 0.3) is 5.57 Å². The Morgan fingerprint density at radius 1 is 1.15 bits per heavy atom. The summed E-state index contributed by atoms with van der Waals surface area (Å²) in [6.07, 6.45) is 10.9. The van der Waals surface area contributed by atoms with E-state index in [1.807, 2.05) is 0 Å². The molecule has 1 aromatic carbocycles. The molecule has 1 aromatic heterocycles. The highest BCUT2D eigenvalue weighted by Crippen LogP contribution is 2.33. The average Bonchev–Trinajstić information content (AvgIpc) is 3.10. The first-order valence-corrected chi connectivity index (χ1v) is 9.28. The lowest BCUT2D eigenvalue weighted by atomic mass is 9.89. The molecule has 26 heavy (non-hydrogen) atoms. The van der Waals surface area contributed by atoms with Crippen molar-refractivity contribution >= 4 is 17.5 Å². The third-order valence-electron chi connectivity index (χ3n) is 5.54. The number of anilines is 1. The number of benzene rings is 1. The molecule has 2 aliphatic rings. The van der Waals surface area contributed by atoms with Crippen molar-refractivity contribution in [3.63, 3.8) is 0 Å². The summed E-state index contributed by atoms with van der Waals surface area (Å²) in [5.74, 6) is 0.386. The largest absolute Gasteiger partial charge is 0.478 e. The summed E-state index contributed by atoms with van der Waals surface area (Å²) < 4.78 is 0. The van der Waals surface area contributed by atoms with Gasteiger partial charge in [-0.3, -0.25) is 0 Å². The summed E-state index contributed by atoms with van der Waals surface area (Å²) in [6.45, 7) is 1.87. The summed E-state index contributed by atoms with van der Waals surface area (Å²) in [7, 11) is 0. The maximum Gasteiger partial charge on any atom is 0.338 e. The Bertz CT molecular complexity index is 821. The van der Waals surface area contributed by atoms with Gasteiger partial charge in [0.2, 0.25) is 5.95 Å². The molecule has 1 fully saturated rings. The van der Waals surface area contributed by atoms with E-state index in [2.05, 4.69) is 45.2 Å². The molecule has 1 saturated heterocycles.